The van der Waals surface area contributed by atoms with Gasteiger partial charge in [-0.2, -0.15) is 0 Å². The van der Waals surface area contributed by atoms with E-state index in [1.54, 1.807) is 0 Å². The summed E-state index contributed by atoms with van der Waals surface area (Å²) in [5.41, 5.74) is 4.71. The maximum Gasteiger partial charge on any atom is 0.178 e. The standard InChI is InChI=1S/C24H22FN5.ClH/c25-21-12-10-20(11-13-21)23(29-16-15-19-8-4-5-9-22(19)29)24-26-27-28-30(24)17-14-18-6-2-1-3-7-18;/h1-13,23H,14-17H2;1H. The molecule has 1 aromatic heterocycles. The molecule has 0 bridgehead atoms. The first-order valence-electron chi connectivity index (χ1n) is 10.2. The number of benzene rings is 3. The van der Waals surface area contributed by atoms with E-state index >= 15 is 0 Å². The first kappa shape index (κ1) is 21.0. The van der Waals surface area contributed by atoms with Crippen LogP contribution in [0.25, 0.3) is 0 Å². The summed E-state index contributed by atoms with van der Waals surface area (Å²) < 4.78 is 15.5. The number of fused-ring (bicyclic) bond motifs is 1. The van der Waals surface area contributed by atoms with Gasteiger partial charge < -0.3 is 4.90 Å². The molecule has 4 aromatic rings. The van der Waals surface area contributed by atoms with Gasteiger partial charge in [0.2, 0.25) is 0 Å². The monoisotopic (exact) mass is 435 g/mol. The highest BCUT2D eigenvalue weighted by Gasteiger charge is 2.32. The number of anilines is 1. The van der Waals surface area contributed by atoms with Crippen molar-refractivity contribution in [2.75, 3.05) is 11.4 Å². The maximum absolute atomic E-state index is 13.6. The highest BCUT2D eigenvalue weighted by molar-refractivity contribution is 5.85. The van der Waals surface area contributed by atoms with E-state index in [0.29, 0.717) is 6.54 Å². The highest BCUT2D eigenvalue weighted by atomic mass is 35.5. The van der Waals surface area contributed by atoms with Gasteiger partial charge in [0, 0.05) is 18.8 Å². The van der Waals surface area contributed by atoms with Gasteiger partial charge in [0.1, 0.15) is 11.9 Å². The zero-order valence-electron chi connectivity index (χ0n) is 16.9. The Bertz CT molecular complexity index is 1130. The van der Waals surface area contributed by atoms with Crippen molar-refractivity contribution >= 4 is 18.1 Å². The molecule has 0 spiro atoms. The number of para-hydroxylation sites is 1. The number of hydrogen-bond donors (Lipinski definition) is 0. The lowest BCUT2D eigenvalue weighted by molar-refractivity contribution is 0.539. The van der Waals surface area contributed by atoms with Gasteiger partial charge in [-0.1, -0.05) is 60.7 Å². The summed E-state index contributed by atoms with van der Waals surface area (Å²) in [6.07, 6.45) is 1.81. The summed E-state index contributed by atoms with van der Waals surface area (Å²) in [5.74, 6) is 0.525. The molecule has 2 heterocycles. The van der Waals surface area contributed by atoms with Crippen LogP contribution >= 0.6 is 12.4 Å². The predicted octanol–water partition coefficient (Wildman–Crippen LogP) is 4.63. The van der Waals surface area contributed by atoms with E-state index in [4.69, 9.17) is 0 Å². The van der Waals surface area contributed by atoms with Gasteiger partial charge in [-0.15, -0.1) is 17.5 Å². The van der Waals surface area contributed by atoms with Crippen molar-refractivity contribution in [3.63, 3.8) is 0 Å². The smallest absolute Gasteiger partial charge is 0.178 e. The average molecular weight is 436 g/mol. The fourth-order valence-corrected chi connectivity index (χ4v) is 4.19. The van der Waals surface area contributed by atoms with Gasteiger partial charge in [-0.05, 0) is 58.2 Å². The summed E-state index contributed by atoms with van der Waals surface area (Å²) in [6, 6.07) is 25.2. The van der Waals surface area contributed by atoms with Crippen molar-refractivity contribution in [2.24, 2.45) is 0 Å². The molecular weight excluding hydrogens is 413 g/mol. The molecule has 0 radical (unpaired) electrons. The van der Waals surface area contributed by atoms with Crippen LogP contribution in [0.1, 0.15) is 28.6 Å². The van der Waals surface area contributed by atoms with Gasteiger partial charge in [0.15, 0.2) is 5.82 Å². The molecule has 0 aliphatic carbocycles. The minimum atomic E-state index is -0.247. The molecule has 3 aromatic carbocycles. The maximum atomic E-state index is 13.6. The Balaban J connectivity index is 0.00000231. The number of aromatic nitrogens is 4. The number of aryl methyl sites for hydroxylation is 2. The summed E-state index contributed by atoms with van der Waals surface area (Å²) in [5, 5.41) is 12.7. The zero-order chi connectivity index (χ0) is 20.3. The molecule has 0 amide bonds. The second kappa shape index (κ2) is 9.27. The van der Waals surface area contributed by atoms with Crippen molar-refractivity contribution in [1.82, 2.24) is 20.2 Å². The first-order valence-corrected chi connectivity index (χ1v) is 10.2. The molecule has 5 nitrogen and oxygen atoms in total. The Morgan fingerprint density at radius 2 is 1.65 bits per heavy atom. The molecule has 1 atom stereocenters. The number of tetrazole rings is 1. The highest BCUT2D eigenvalue weighted by Crippen LogP contribution is 2.37. The average Bonchev–Trinajstić information content (AvgIpc) is 3.42. The van der Waals surface area contributed by atoms with Crippen LogP contribution in [-0.4, -0.2) is 26.8 Å². The Hall–Kier alpha value is -3.25. The van der Waals surface area contributed by atoms with E-state index in [1.807, 2.05) is 35.0 Å². The van der Waals surface area contributed by atoms with Gasteiger partial charge in [0.05, 0.1) is 0 Å². The van der Waals surface area contributed by atoms with Crippen molar-refractivity contribution in [2.45, 2.75) is 25.4 Å². The van der Waals surface area contributed by atoms with Crippen LogP contribution in [0.15, 0.2) is 78.9 Å². The van der Waals surface area contributed by atoms with Crippen molar-refractivity contribution in [3.05, 3.63) is 107 Å². The van der Waals surface area contributed by atoms with Crippen LogP contribution < -0.4 is 4.90 Å². The van der Waals surface area contributed by atoms with Crippen LogP contribution in [0.5, 0.6) is 0 Å². The van der Waals surface area contributed by atoms with Crippen LogP contribution in [-0.2, 0) is 19.4 Å². The van der Waals surface area contributed by atoms with Crippen LogP contribution in [0.2, 0.25) is 0 Å². The fourth-order valence-electron chi connectivity index (χ4n) is 4.19. The minimum absolute atomic E-state index is 0. The van der Waals surface area contributed by atoms with E-state index in [-0.39, 0.29) is 24.3 Å². The third-order valence-corrected chi connectivity index (χ3v) is 5.68. The third kappa shape index (κ3) is 4.30. The predicted molar refractivity (Wildman–Crippen MR) is 121 cm³/mol. The molecule has 31 heavy (non-hydrogen) atoms. The molecular formula is C24H23ClFN5. The topological polar surface area (TPSA) is 46.8 Å². The number of nitrogens with zero attached hydrogens (tertiary/aromatic N) is 5. The van der Waals surface area contributed by atoms with E-state index in [2.05, 4.69) is 56.8 Å². The largest absolute Gasteiger partial charge is 0.357 e. The first-order chi connectivity index (χ1) is 14.8. The van der Waals surface area contributed by atoms with Gasteiger partial charge in [-0.25, -0.2) is 9.07 Å². The SMILES string of the molecule is Cl.Fc1ccc(C(c2nnnn2CCc2ccccc2)N2CCc3ccccc32)cc1. The van der Waals surface area contributed by atoms with Crippen LogP contribution in [0.4, 0.5) is 10.1 Å². The number of rotatable bonds is 6. The van der Waals surface area contributed by atoms with E-state index < -0.39 is 0 Å². The molecule has 158 valence electrons. The Morgan fingerprint density at radius 1 is 0.903 bits per heavy atom. The lowest BCUT2D eigenvalue weighted by Gasteiger charge is -2.30. The number of halogens is 2. The minimum Gasteiger partial charge on any atom is -0.357 e. The molecule has 0 fully saturated rings. The molecule has 7 heteroatoms. The quantitative estimate of drug-likeness (QED) is 0.443. The van der Waals surface area contributed by atoms with Crippen LogP contribution in [0.3, 0.4) is 0 Å². The lowest BCUT2D eigenvalue weighted by atomic mass is 10.0. The van der Waals surface area contributed by atoms with Crippen molar-refractivity contribution < 1.29 is 4.39 Å². The molecule has 0 N–H and O–H groups in total. The van der Waals surface area contributed by atoms with Crippen molar-refractivity contribution in [1.29, 1.82) is 0 Å². The second-order valence-electron chi connectivity index (χ2n) is 7.52. The summed E-state index contributed by atoms with van der Waals surface area (Å²) in [6.45, 7) is 1.55. The third-order valence-electron chi connectivity index (χ3n) is 5.68. The molecule has 1 aliphatic rings. The molecule has 5 rings (SSSR count). The van der Waals surface area contributed by atoms with Gasteiger partial charge in [-0.3, -0.25) is 0 Å². The Morgan fingerprint density at radius 3 is 2.45 bits per heavy atom. The molecule has 0 saturated carbocycles. The van der Waals surface area contributed by atoms with E-state index in [1.165, 1.54) is 28.9 Å². The fraction of sp³-hybridized carbons (Fsp3) is 0.208. The summed E-state index contributed by atoms with van der Waals surface area (Å²) >= 11 is 0. The van der Waals surface area contributed by atoms with Crippen LogP contribution in [0, 0.1) is 5.82 Å². The zero-order valence-corrected chi connectivity index (χ0v) is 17.8. The van der Waals surface area contributed by atoms with E-state index in [9.17, 15) is 4.39 Å². The van der Waals surface area contributed by atoms with Gasteiger partial charge in [0.25, 0.3) is 0 Å². The molecule has 0 saturated heterocycles. The Labute approximate surface area is 186 Å². The van der Waals surface area contributed by atoms with Gasteiger partial charge >= 0.3 is 0 Å². The van der Waals surface area contributed by atoms with E-state index in [0.717, 1.165) is 30.8 Å². The second-order valence-corrected chi connectivity index (χ2v) is 7.52. The molecule has 1 unspecified atom stereocenters. The molecule has 1 aliphatic heterocycles. The van der Waals surface area contributed by atoms with Crippen molar-refractivity contribution in [3.8, 4) is 0 Å². The summed E-state index contributed by atoms with van der Waals surface area (Å²) in [7, 11) is 0. The normalized spacial score (nSPS) is 13.5. The summed E-state index contributed by atoms with van der Waals surface area (Å²) in [4.78, 5) is 2.33. The Kier molecular flexibility index (Phi) is 6.28. The number of hydrogen-bond acceptors (Lipinski definition) is 4. The lowest BCUT2D eigenvalue weighted by Crippen LogP contribution is -2.30.